The zero-order valence-electron chi connectivity index (χ0n) is 15.7. The first kappa shape index (κ1) is 22.8. The maximum atomic E-state index is 10.4. The van der Waals surface area contributed by atoms with Crippen LogP contribution in [-0.4, -0.2) is 56.9 Å². The third-order valence-electron chi connectivity index (χ3n) is 4.56. The molecule has 0 spiro atoms. The van der Waals surface area contributed by atoms with E-state index in [1.807, 2.05) is 6.08 Å². The predicted molar refractivity (Wildman–Crippen MR) is 99.8 cm³/mol. The lowest BCUT2D eigenvalue weighted by Crippen LogP contribution is -2.24. The second-order valence-corrected chi connectivity index (χ2v) is 6.95. The molecule has 0 radical (unpaired) electrons. The largest absolute Gasteiger partial charge is 0.481 e. The Labute approximate surface area is 156 Å². The summed E-state index contributed by atoms with van der Waals surface area (Å²) in [6.45, 7) is 2.17. The van der Waals surface area contributed by atoms with Crippen LogP contribution in [0.2, 0.25) is 0 Å². The molecule has 0 amide bonds. The molecule has 1 aliphatic rings. The molecular weight excluding hydrogens is 336 g/mol. The molecular formula is C20H34O6. The van der Waals surface area contributed by atoms with E-state index in [1.165, 1.54) is 31.4 Å². The molecule has 5 atom stereocenters. The maximum Gasteiger partial charge on any atom is 0.303 e. The lowest BCUT2D eigenvalue weighted by atomic mass is 10.0. The third kappa shape index (κ3) is 9.48. The Hall–Kier alpha value is -1.21. The van der Waals surface area contributed by atoms with E-state index in [1.54, 1.807) is 0 Å². The van der Waals surface area contributed by atoms with Crippen molar-refractivity contribution in [3.05, 3.63) is 24.3 Å². The fraction of sp³-hybridized carbons (Fsp3) is 0.750. The van der Waals surface area contributed by atoms with Gasteiger partial charge in [-0.3, -0.25) is 4.79 Å². The average molecular weight is 370 g/mol. The van der Waals surface area contributed by atoms with E-state index in [0.717, 1.165) is 6.42 Å². The molecule has 1 rings (SSSR count). The van der Waals surface area contributed by atoms with Gasteiger partial charge in [0.05, 0.1) is 30.5 Å². The Morgan fingerprint density at radius 3 is 2.65 bits per heavy atom. The van der Waals surface area contributed by atoms with Gasteiger partial charge in [-0.2, -0.15) is 0 Å². The standard InChI is InChI=1S/C20H34O6/c1-2-3-4-5-6-7-10-18-17(23)14-19(26-18)16(22)13-12-15(21)9-8-11-20(24)25/h6-7,12-13,15-19,21-23H,2-5,8-11,14H2,1H3,(H,24,25)/b7-6-,13-12+/t15-,16+,17+,18-,19-/m1/s1. The van der Waals surface area contributed by atoms with Gasteiger partial charge >= 0.3 is 5.97 Å². The molecule has 1 aliphatic heterocycles. The Balaban J connectivity index is 2.31. The topological polar surface area (TPSA) is 107 Å². The van der Waals surface area contributed by atoms with Crippen molar-refractivity contribution < 1.29 is 30.0 Å². The highest BCUT2D eigenvalue weighted by atomic mass is 16.5. The first-order chi connectivity index (χ1) is 12.4. The van der Waals surface area contributed by atoms with Crippen molar-refractivity contribution in [2.24, 2.45) is 0 Å². The van der Waals surface area contributed by atoms with Gasteiger partial charge in [-0.1, -0.05) is 44.1 Å². The van der Waals surface area contributed by atoms with Crippen LogP contribution in [-0.2, 0) is 9.53 Å². The lowest BCUT2D eigenvalue weighted by Gasteiger charge is -2.16. The number of unbranched alkanes of at least 4 members (excludes halogenated alkanes) is 3. The molecule has 4 N–H and O–H groups in total. The normalized spacial score (nSPS) is 25.9. The van der Waals surface area contributed by atoms with E-state index in [0.29, 0.717) is 25.7 Å². The highest BCUT2D eigenvalue weighted by Gasteiger charge is 2.36. The van der Waals surface area contributed by atoms with Crippen molar-refractivity contribution in [1.82, 2.24) is 0 Å². The fourth-order valence-electron chi connectivity index (χ4n) is 2.98. The summed E-state index contributed by atoms with van der Waals surface area (Å²) in [4.78, 5) is 10.4. The number of rotatable bonds is 13. The van der Waals surface area contributed by atoms with Gasteiger partial charge in [0.1, 0.15) is 0 Å². The number of carbonyl (C=O) groups is 1. The predicted octanol–water partition coefficient (Wildman–Crippen LogP) is 2.56. The number of ether oxygens (including phenoxy) is 1. The number of allylic oxidation sites excluding steroid dienone is 1. The van der Waals surface area contributed by atoms with E-state index in [-0.39, 0.29) is 12.5 Å². The molecule has 1 saturated heterocycles. The van der Waals surface area contributed by atoms with Crippen LogP contribution >= 0.6 is 0 Å². The molecule has 0 aliphatic carbocycles. The fourth-order valence-corrected chi connectivity index (χ4v) is 2.98. The van der Waals surface area contributed by atoms with Crippen molar-refractivity contribution in [1.29, 1.82) is 0 Å². The second-order valence-electron chi connectivity index (χ2n) is 6.95. The molecule has 6 nitrogen and oxygen atoms in total. The van der Waals surface area contributed by atoms with E-state index >= 15 is 0 Å². The molecule has 0 unspecified atom stereocenters. The monoisotopic (exact) mass is 370 g/mol. The average Bonchev–Trinajstić information content (AvgIpc) is 2.96. The summed E-state index contributed by atoms with van der Waals surface area (Å²) in [5, 5.41) is 38.6. The van der Waals surface area contributed by atoms with Crippen molar-refractivity contribution in [2.45, 2.75) is 95.2 Å². The number of hydrogen-bond acceptors (Lipinski definition) is 5. The summed E-state index contributed by atoms with van der Waals surface area (Å²) in [5.41, 5.74) is 0. The minimum atomic E-state index is -0.905. The molecule has 1 heterocycles. The smallest absolute Gasteiger partial charge is 0.303 e. The van der Waals surface area contributed by atoms with Crippen LogP contribution in [0.25, 0.3) is 0 Å². The van der Waals surface area contributed by atoms with E-state index in [9.17, 15) is 20.1 Å². The maximum absolute atomic E-state index is 10.4. The van der Waals surface area contributed by atoms with E-state index in [4.69, 9.17) is 9.84 Å². The molecule has 150 valence electrons. The van der Waals surface area contributed by atoms with Crippen molar-refractivity contribution in [3.8, 4) is 0 Å². The highest BCUT2D eigenvalue weighted by Crippen LogP contribution is 2.26. The minimum Gasteiger partial charge on any atom is -0.481 e. The molecule has 0 saturated carbocycles. The van der Waals surface area contributed by atoms with Gasteiger partial charge in [-0.15, -0.1) is 0 Å². The SMILES string of the molecule is CCCCC/C=C\C[C@H]1O[C@@H]([C@@H](O)/C=C/[C@H](O)CCCC(=O)O)C[C@@H]1O. The van der Waals surface area contributed by atoms with Crippen molar-refractivity contribution in [3.63, 3.8) is 0 Å². The molecule has 0 bridgehead atoms. The third-order valence-corrected chi connectivity index (χ3v) is 4.56. The Kier molecular flexibility index (Phi) is 11.4. The van der Waals surface area contributed by atoms with Crippen LogP contribution in [0.15, 0.2) is 24.3 Å². The summed E-state index contributed by atoms with van der Waals surface area (Å²) >= 11 is 0. The van der Waals surface area contributed by atoms with E-state index < -0.39 is 30.4 Å². The Bertz CT molecular complexity index is 448. The number of aliphatic hydroxyl groups is 3. The van der Waals surface area contributed by atoms with Crippen LogP contribution < -0.4 is 0 Å². The molecule has 0 aromatic carbocycles. The van der Waals surface area contributed by atoms with Gasteiger partial charge < -0.3 is 25.2 Å². The van der Waals surface area contributed by atoms with Gasteiger partial charge in [0.2, 0.25) is 0 Å². The zero-order valence-corrected chi connectivity index (χ0v) is 15.7. The summed E-state index contributed by atoms with van der Waals surface area (Å²) < 4.78 is 5.75. The van der Waals surface area contributed by atoms with Crippen LogP contribution in [0.4, 0.5) is 0 Å². The summed E-state index contributed by atoms with van der Waals surface area (Å²) in [6, 6.07) is 0. The van der Waals surface area contributed by atoms with Gasteiger partial charge in [0.25, 0.3) is 0 Å². The first-order valence-corrected chi connectivity index (χ1v) is 9.68. The molecule has 6 heteroatoms. The lowest BCUT2D eigenvalue weighted by molar-refractivity contribution is -0.137. The number of aliphatic hydroxyl groups excluding tert-OH is 3. The van der Waals surface area contributed by atoms with E-state index in [2.05, 4.69) is 13.0 Å². The number of hydrogen-bond donors (Lipinski definition) is 4. The first-order valence-electron chi connectivity index (χ1n) is 9.68. The highest BCUT2D eigenvalue weighted by molar-refractivity contribution is 5.66. The Morgan fingerprint density at radius 1 is 1.19 bits per heavy atom. The van der Waals surface area contributed by atoms with Crippen LogP contribution in [0, 0.1) is 0 Å². The molecule has 26 heavy (non-hydrogen) atoms. The minimum absolute atomic E-state index is 0.0129. The summed E-state index contributed by atoms with van der Waals surface area (Å²) in [6.07, 6.45) is 10.3. The molecule has 0 aromatic rings. The number of aliphatic carboxylic acids is 1. The number of carboxylic acid groups (broad SMARTS) is 1. The zero-order chi connectivity index (χ0) is 19.4. The van der Waals surface area contributed by atoms with Gasteiger partial charge in [0, 0.05) is 12.8 Å². The molecule has 0 aromatic heterocycles. The van der Waals surface area contributed by atoms with Crippen LogP contribution in [0.1, 0.15) is 64.7 Å². The second kappa shape index (κ2) is 13.0. The van der Waals surface area contributed by atoms with Gasteiger partial charge in [0.15, 0.2) is 0 Å². The van der Waals surface area contributed by atoms with Crippen molar-refractivity contribution >= 4 is 5.97 Å². The summed E-state index contributed by atoms with van der Waals surface area (Å²) in [5.74, 6) is -0.889. The summed E-state index contributed by atoms with van der Waals surface area (Å²) in [7, 11) is 0. The van der Waals surface area contributed by atoms with Gasteiger partial charge in [-0.05, 0) is 32.1 Å². The van der Waals surface area contributed by atoms with Gasteiger partial charge in [-0.25, -0.2) is 0 Å². The number of carboxylic acids is 1. The van der Waals surface area contributed by atoms with Crippen molar-refractivity contribution in [2.75, 3.05) is 0 Å². The van der Waals surface area contributed by atoms with Crippen LogP contribution in [0.5, 0.6) is 0 Å². The Morgan fingerprint density at radius 2 is 1.96 bits per heavy atom. The quantitative estimate of drug-likeness (QED) is 0.293. The van der Waals surface area contributed by atoms with Crippen LogP contribution in [0.3, 0.4) is 0 Å². The molecule has 1 fully saturated rings.